The number of hydrogen-bond acceptors (Lipinski definition) is 7. The monoisotopic (exact) mass is 487 g/mol. The van der Waals surface area contributed by atoms with Crippen LogP contribution in [-0.2, 0) is 19.1 Å². The Bertz CT molecular complexity index is 910. The van der Waals surface area contributed by atoms with Crippen LogP contribution in [0.15, 0.2) is 40.7 Å². The lowest BCUT2D eigenvalue weighted by atomic mass is 9.80. The van der Waals surface area contributed by atoms with Crippen LogP contribution < -0.4 is 5.32 Å². The molecular formula is C21H23Cl2NO4S2. The number of esters is 2. The largest absolute Gasteiger partial charge is 0.466 e. The molecule has 162 valence electrons. The van der Waals surface area contributed by atoms with Crippen molar-refractivity contribution in [1.82, 2.24) is 5.32 Å². The van der Waals surface area contributed by atoms with Gasteiger partial charge in [-0.05, 0) is 43.4 Å². The number of hydrogen-bond donors (Lipinski definition) is 1. The number of methoxy groups -OCH3 is 1. The van der Waals surface area contributed by atoms with Crippen molar-refractivity contribution in [2.45, 2.75) is 30.8 Å². The Morgan fingerprint density at radius 1 is 1.17 bits per heavy atom. The third-order valence-electron chi connectivity index (χ3n) is 4.85. The number of carbonyl (C=O) groups excluding carboxylic acids is 2. The molecule has 1 aromatic rings. The lowest BCUT2D eigenvalue weighted by Gasteiger charge is -2.35. The lowest BCUT2D eigenvalue weighted by Crippen LogP contribution is -2.36. The minimum Gasteiger partial charge on any atom is -0.466 e. The average Bonchev–Trinajstić information content (AvgIpc) is 2.75. The van der Waals surface area contributed by atoms with Gasteiger partial charge in [0.1, 0.15) is 0 Å². The predicted octanol–water partition coefficient (Wildman–Crippen LogP) is 5.14. The summed E-state index contributed by atoms with van der Waals surface area (Å²) < 4.78 is 10.5. The van der Waals surface area contributed by atoms with Gasteiger partial charge in [-0.3, -0.25) is 0 Å². The number of halogens is 2. The Kier molecular flexibility index (Phi) is 8.07. The molecule has 1 unspecified atom stereocenters. The highest BCUT2D eigenvalue weighted by Crippen LogP contribution is 2.47. The van der Waals surface area contributed by atoms with Crippen LogP contribution in [0.3, 0.4) is 0 Å². The van der Waals surface area contributed by atoms with E-state index >= 15 is 0 Å². The van der Waals surface area contributed by atoms with E-state index in [1.165, 1.54) is 7.11 Å². The SMILES string of the molecule is CCOC(=O)C1=C(C)NC(C2SCCCS2)=C(C(=O)OC)C1c1cccc(Cl)c1Cl. The minimum absolute atomic E-state index is 0.0204. The summed E-state index contributed by atoms with van der Waals surface area (Å²) in [6.07, 6.45) is 1.11. The Labute approximate surface area is 194 Å². The lowest BCUT2D eigenvalue weighted by molar-refractivity contribution is -0.139. The number of ether oxygens (including phenoxy) is 2. The Morgan fingerprint density at radius 2 is 1.87 bits per heavy atom. The van der Waals surface area contributed by atoms with Gasteiger partial charge in [-0.2, -0.15) is 0 Å². The summed E-state index contributed by atoms with van der Waals surface area (Å²) in [6, 6.07) is 5.20. The maximum absolute atomic E-state index is 13.0. The molecule has 0 bridgehead atoms. The zero-order valence-electron chi connectivity index (χ0n) is 16.9. The normalized spacial score (nSPS) is 20.1. The number of benzene rings is 1. The van der Waals surface area contributed by atoms with Gasteiger partial charge in [0.25, 0.3) is 0 Å². The molecule has 1 atom stereocenters. The maximum atomic E-state index is 13.0. The van der Waals surface area contributed by atoms with Crippen molar-refractivity contribution in [1.29, 1.82) is 0 Å². The van der Waals surface area contributed by atoms with Crippen molar-refractivity contribution in [2.24, 2.45) is 0 Å². The van der Waals surface area contributed by atoms with Crippen molar-refractivity contribution < 1.29 is 19.1 Å². The topological polar surface area (TPSA) is 64.6 Å². The third kappa shape index (κ3) is 4.64. The van der Waals surface area contributed by atoms with Crippen LogP contribution in [0.5, 0.6) is 0 Å². The molecule has 2 aliphatic heterocycles. The molecule has 1 N–H and O–H groups in total. The molecule has 2 aliphatic rings. The fraction of sp³-hybridized carbons (Fsp3) is 0.429. The number of rotatable bonds is 5. The predicted molar refractivity (Wildman–Crippen MR) is 124 cm³/mol. The quantitative estimate of drug-likeness (QED) is 0.576. The second-order valence-corrected chi connectivity index (χ2v) is 10.2. The van der Waals surface area contributed by atoms with Gasteiger partial charge >= 0.3 is 11.9 Å². The Hall–Kier alpha value is -1.28. The van der Waals surface area contributed by atoms with Gasteiger partial charge in [-0.15, -0.1) is 23.5 Å². The van der Waals surface area contributed by atoms with Gasteiger partial charge in [0.15, 0.2) is 0 Å². The summed E-state index contributed by atoms with van der Waals surface area (Å²) in [5.41, 5.74) is 2.63. The highest BCUT2D eigenvalue weighted by atomic mass is 35.5. The molecule has 0 radical (unpaired) electrons. The van der Waals surface area contributed by atoms with Crippen molar-refractivity contribution in [3.8, 4) is 0 Å². The first-order valence-corrected chi connectivity index (χ1v) is 12.4. The van der Waals surface area contributed by atoms with Crippen LogP contribution >= 0.6 is 46.7 Å². The van der Waals surface area contributed by atoms with E-state index in [2.05, 4.69) is 5.32 Å². The molecule has 0 spiro atoms. The first-order chi connectivity index (χ1) is 14.4. The number of carbonyl (C=O) groups is 2. The number of nitrogens with one attached hydrogen (secondary N) is 1. The van der Waals surface area contributed by atoms with E-state index in [1.807, 2.05) is 6.92 Å². The molecule has 2 heterocycles. The summed E-state index contributed by atoms with van der Waals surface area (Å²) in [7, 11) is 1.33. The molecule has 3 rings (SSSR count). The van der Waals surface area contributed by atoms with Crippen LogP contribution in [0.1, 0.15) is 31.7 Å². The molecule has 1 fully saturated rings. The van der Waals surface area contributed by atoms with Crippen LogP contribution in [0.2, 0.25) is 10.0 Å². The van der Waals surface area contributed by atoms with Crippen LogP contribution in [0.25, 0.3) is 0 Å². The molecule has 30 heavy (non-hydrogen) atoms. The molecule has 0 aliphatic carbocycles. The van der Waals surface area contributed by atoms with Crippen molar-refractivity contribution >= 4 is 58.7 Å². The molecule has 0 aromatic heterocycles. The van der Waals surface area contributed by atoms with E-state index in [0.29, 0.717) is 32.5 Å². The maximum Gasteiger partial charge on any atom is 0.336 e. The molecule has 5 nitrogen and oxygen atoms in total. The summed E-state index contributed by atoms with van der Waals surface area (Å²) in [5, 5.41) is 3.96. The zero-order valence-corrected chi connectivity index (χ0v) is 20.1. The van der Waals surface area contributed by atoms with Gasteiger partial charge in [0, 0.05) is 11.4 Å². The molecule has 1 saturated heterocycles. The Balaban J connectivity index is 2.26. The molecule has 0 saturated carbocycles. The zero-order chi connectivity index (χ0) is 21.8. The second-order valence-electron chi connectivity index (χ2n) is 6.71. The summed E-state index contributed by atoms with van der Waals surface area (Å²) >= 11 is 16.4. The van der Waals surface area contributed by atoms with E-state index in [4.69, 9.17) is 32.7 Å². The average molecular weight is 488 g/mol. The Morgan fingerprint density at radius 3 is 2.50 bits per heavy atom. The van der Waals surface area contributed by atoms with Crippen molar-refractivity contribution in [2.75, 3.05) is 25.2 Å². The first-order valence-electron chi connectivity index (χ1n) is 9.55. The van der Waals surface area contributed by atoms with E-state index in [0.717, 1.165) is 23.6 Å². The van der Waals surface area contributed by atoms with Gasteiger partial charge in [0.05, 0.1) is 45.4 Å². The highest BCUT2D eigenvalue weighted by molar-refractivity contribution is 8.17. The van der Waals surface area contributed by atoms with Gasteiger partial charge in [-0.1, -0.05) is 35.3 Å². The molecule has 1 aromatic carbocycles. The summed E-state index contributed by atoms with van der Waals surface area (Å²) in [5.74, 6) is 0.218. The van der Waals surface area contributed by atoms with Crippen molar-refractivity contribution in [3.05, 3.63) is 56.3 Å². The molecule has 9 heteroatoms. The summed E-state index contributed by atoms with van der Waals surface area (Å²) in [4.78, 5) is 26.0. The fourth-order valence-electron chi connectivity index (χ4n) is 3.57. The first kappa shape index (κ1) is 23.4. The second kappa shape index (κ2) is 10.4. The summed E-state index contributed by atoms with van der Waals surface area (Å²) in [6.45, 7) is 3.76. The standard InChI is InChI=1S/C21H23Cl2NO4S2/c1-4-28-20(26)14-11(2)24-18(21-29-9-6-10-30-21)16(19(25)27-3)15(14)12-7-5-8-13(22)17(12)23/h5,7-8,15,21,24H,4,6,9-10H2,1-3H3. The smallest absolute Gasteiger partial charge is 0.336 e. The molecular weight excluding hydrogens is 465 g/mol. The molecule has 0 amide bonds. The van der Waals surface area contributed by atoms with Gasteiger partial charge in [0.2, 0.25) is 0 Å². The van der Waals surface area contributed by atoms with Crippen LogP contribution in [0.4, 0.5) is 0 Å². The van der Waals surface area contributed by atoms with Crippen LogP contribution in [-0.4, -0.2) is 41.7 Å². The van der Waals surface area contributed by atoms with Gasteiger partial charge in [-0.25, -0.2) is 9.59 Å². The number of allylic oxidation sites excluding steroid dienone is 1. The number of thioether (sulfide) groups is 2. The van der Waals surface area contributed by atoms with E-state index in [-0.39, 0.29) is 11.2 Å². The van der Waals surface area contributed by atoms with Crippen molar-refractivity contribution in [3.63, 3.8) is 0 Å². The minimum atomic E-state index is -0.748. The fourth-order valence-corrected chi connectivity index (χ4v) is 6.88. The highest BCUT2D eigenvalue weighted by Gasteiger charge is 2.42. The van der Waals surface area contributed by atoms with E-state index < -0.39 is 17.9 Å². The van der Waals surface area contributed by atoms with Crippen LogP contribution in [0, 0.1) is 0 Å². The van der Waals surface area contributed by atoms with Gasteiger partial charge < -0.3 is 14.8 Å². The van der Waals surface area contributed by atoms with E-state index in [9.17, 15) is 9.59 Å². The van der Waals surface area contributed by atoms with E-state index in [1.54, 1.807) is 48.6 Å². The third-order valence-corrected chi connectivity index (χ3v) is 8.63. The number of dihydropyridines is 1.